The zero-order valence-corrected chi connectivity index (χ0v) is 18.6. The molecular weight excluding hydrogens is 406 g/mol. The fourth-order valence-electron chi connectivity index (χ4n) is 3.62. The fraction of sp³-hybridized carbons (Fsp3) is 0.550. The minimum atomic E-state index is -3.37. The van der Waals surface area contributed by atoms with E-state index in [1.165, 1.54) is 7.11 Å². The number of carbonyl (C=O) groups excluding carboxylic acids is 1. The van der Waals surface area contributed by atoms with Gasteiger partial charge in [0.25, 0.3) is 0 Å². The molecule has 1 unspecified atom stereocenters. The van der Waals surface area contributed by atoms with Gasteiger partial charge >= 0.3 is 5.97 Å². The molecule has 9 nitrogen and oxygen atoms in total. The normalized spacial score (nSPS) is 16.2. The molecule has 164 valence electrons. The molecule has 1 atom stereocenters. The maximum Gasteiger partial charge on any atom is 0.337 e. The number of hydrogen-bond donors (Lipinski definition) is 1. The number of carbonyl (C=O) groups is 1. The van der Waals surface area contributed by atoms with Gasteiger partial charge in [0.2, 0.25) is 10.0 Å². The van der Waals surface area contributed by atoms with Crippen LogP contribution < -0.4 is 4.72 Å². The van der Waals surface area contributed by atoms with Gasteiger partial charge in [-0.1, -0.05) is 26.0 Å². The minimum absolute atomic E-state index is 0.0423. The molecule has 1 aliphatic rings. The number of benzene rings is 1. The second-order valence-corrected chi connectivity index (χ2v) is 9.73. The van der Waals surface area contributed by atoms with E-state index >= 15 is 0 Å². The predicted octanol–water partition coefficient (Wildman–Crippen LogP) is 1.37. The van der Waals surface area contributed by atoms with Crippen LogP contribution in [0.25, 0.3) is 0 Å². The highest BCUT2D eigenvalue weighted by Gasteiger charge is 2.28. The lowest BCUT2D eigenvalue weighted by molar-refractivity contribution is 0.0600. The van der Waals surface area contributed by atoms with E-state index in [1.807, 2.05) is 30.5 Å². The largest absolute Gasteiger partial charge is 0.465 e. The van der Waals surface area contributed by atoms with Gasteiger partial charge in [-0.3, -0.25) is 4.90 Å². The van der Waals surface area contributed by atoms with Crippen molar-refractivity contribution in [3.05, 3.63) is 47.0 Å². The van der Waals surface area contributed by atoms with Crippen LogP contribution >= 0.6 is 0 Å². The highest BCUT2D eigenvalue weighted by atomic mass is 32.2. The topological polar surface area (TPSA) is 106 Å². The number of esters is 1. The highest BCUT2D eigenvalue weighted by molar-refractivity contribution is 7.88. The van der Waals surface area contributed by atoms with Gasteiger partial charge in [0.1, 0.15) is 5.82 Å². The molecule has 0 amide bonds. The quantitative estimate of drug-likeness (QED) is 0.655. The molecule has 0 saturated heterocycles. The number of aromatic nitrogens is 3. The summed E-state index contributed by atoms with van der Waals surface area (Å²) >= 11 is 0. The van der Waals surface area contributed by atoms with E-state index in [9.17, 15) is 13.2 Å². The smallest absolute Gasteiger partial charge is 0.337 e. The van der Waals surface area contributed by atoms with Gasteiger partial charge in [0.15, 0.2) is 5.82 Å². The SMILES string of the molecule is COC(=O)c1ccc(CN2CCc3nnc(C(NS(C)(=O)=O)C(C)C)n3CC2)cc1. The molecule has 0 aliphatic carbocycles. The Morgan fingerprint density at radius 2 is 1.87 bits per heavy atom. The lowest BCUT2D eigenvalue weighted by Crippen LogP contribution is -2.33. The van der Waals surface area contributed by atoms with Crippen LogP contribution in [0, 0.1) is 5.92 Å². The number of nitrogens with zero attached hydrogens (tertiary/aromatic N) is 4. The van der Waals surface area contributed by atoms with E-state index in [1.54, 1.807) is 12.1 Å². The Hall–Kier alpha value is -2.30. The molecule has 2 aromatic rings. The van der Waals surface area contributed by atoms with Gasteiger partial charge in [-0.2, -0.15) is 0 Å². The van der Waals surface area contributed by atoms with Gasteiger partial charge in [-0.25, -0.2) is 17.9 Å². The van der Waals surface area contributed by atoms with E-state index in [4.69, 9.17) is 4.74 Å². The Morgan fingerprint density at radius 1 is 1.17 bits per heavy atom. The molecule has 10 heteroatoms. The lowest BCUT2D eigenvalue weighted by atomic mass is 10.1. The summed E-state index contributed by atoms with van der Waals surface area (Å²) in [5.74, 6) is 1.23. The van der Waals surface area contributed by atoms with Crippen LogP contribution in [0.2, 0.25) is 0 Å². The first-order valence-corrected chi connectivity index (χ1v) is 11.9. The van der Waals surface area contributed by atoms with E-state index in [0.29, 0.717) is 17.9 Å². The maximum atomic E-state index is 11.8. The minimum Gasteiger partial charge on any atom is -0.465 e. The van der Waals surface area contributed by atoms with Crippen LogP contribution in [0.4, 0.5) is 0 Å². The zero-order chi connectivity index (χ0) is 21.9. The van der Waals surface area contributed by atoms with Crippen LogP contribution in [0.15, 0.2) is 24.3 Å². The zero-order valence-electron chi connectivity index (χ0n) is 17.8. The first-order valence-electron chi connectivity index (χ1n) is 9.97. The van der Waals surface area contributed by atoms with Crippen LogP contribution in [0.1, 0.15) is 47.5 Å². The summed E-state index contributed by atoms with van der Waals surface area (Å²) in [6.45, 7) is 6.98. The Balaban J connectivity index is 1.71. The summed E-state index contributed by atoms with van der Waals surface area (Å²) in [5, 5.41) is 8.64. The number of methoxy groups -OCH3 is 1. The molecule has 1 aliphatic heterocycles. The molecule has 30 heavy (non-hydrogen) atoms. The first kappa shape index (κ1) is 22.4. The van der Waals surface area contributed by atoms with Crippen molar-refractivity contribution < 1.29 is 17.9 Å². The average Bonchev–Trinajstić information content (AvgIpc) is 2.99. The lowest BCUT2D eigenvalue weighted by Gasteiger charge is -2.22. The van der Waals surface area contributed by atoms with Crippen molar-refractivity contribution in [1.29, 1.82) is 0 Å². The maximum absolute atomic E-state index is 11.8. The second kappa shape index (κ2) is 9.23. The summed E-state index contributed by atoms with van der Waals surface area (Å²) in [5.41, 5.74) is 1.64. The Kier molecular flexibility index (Phi) is 6.89. The molecule has 0 saturated carbocycles. The molecule has 2 heterocycles. The molecule has 1 N–H and O–H groups in total. The third kappa shape index (κ3) is 5.44. The van der Waals surface area contributed by atoms with Gasteiger partial charge in [0.05, 0.1) is 25.0 Å². The monoisotopic (exact) mass is 435 g/mol. The van der Waals surface area contributed by atoms with Crippen molar-refractivity contribution in [2.75, 3.05) is 26.5 Å². The summed E-state index contributed by atoms with van der Waals surface area (Å²) in [4.78, 5) is 13.9. The summed E-state index contributed by atoms with van der Waals surface area (Å²) < 4.78 is 33.1. The number of ether oxygens (including phenoxy) is 1. The number of fused-ring (bicyclic) bond motifs is 1. The van der Waals surface area contributed by atoms with Crippen molar-refractivity contribution in [2.24, 2.45) is 5.92 Å². The third-order valence-electron chi connectivity index (χ3n) is 5.21. The molecule has 0 fully saturated rings. The van der Waals surface area contributed by atoms with Crippen molar-refractivity contribution in [2.45, 2.75) is 39.4 Å². The predicted molar refractivity (Wildman–Crippen MR) is 112 cm³/mol. The summed E-state index contributed by atoms with van der Waals surface area (Å²) in [6, 6.07) is 7.01. The first-order chi connectivity index (χ1) is 14.2. The Bertz CT molecular complexity index is 985. The van der Waals surface area contributed by atoms with E-state index in [0.717, 1.165) is 43.7 Å². The number of nitrogens with one attached hydrogen (secondary N) is 1. The number of sulfonamides is 1. The van der Waals surface area contributed by atoms with E-state index < -0.39 is 16.1 Å². The van der Waals surface area contributed by atoms with Crippen molar-refractivity contribution >= 4 is 16.0 Å². The molecule has 3 rings (SSSR count). The molecule has 0 spiro atoms. The van der Waals surface area contributed by atoms with Crippen LogP contribution in [0.3, 0.4) is 0 Å². The van der Waals surface area contributed by atoms with Crippen molar-refractivity contribution in [3.63, 3.8) is 0 Å². The number of rotatable bonds is 7. The molecule has 1 aromatic heterocycles. The van der Waals surface area contributed by atoms with Crippen molar-refractivity contribution in [1.82, 2.24) is 24.4 Å². The van der Waals surface area contributed by atoms with Gasteiger partial charge in [-0.05, 0) is 23.6 Å². The third-order valence-corrected chi connectivity index (χ3v) is 5.90. The van der Waals surface area contributed by atoms with Gasteiger partial charge in [0, 0.05) is 32.6 Å². The molecule has 0 radical (unpaired) electrons. The standard InChI is InChI=1S/C20H29N5O4S/c1-14(2)18(23-30(4,27)28)19-22-21-17-9-10-24(11-12-25(17)19)13-15-5-7-16(8-6-15)20(26)29-3/h5-8,14,18,23H,9-13H2,1-4H3. The molecule has 0 bridgehead atoms. The summed E-state index contributed by atoms with van der Waals surface area (Å²) in [7, 11) is -2.00. The van der Waals surface area contributed by atoms with Gasteiger partial charge in [-0.15, -0.1) is 10.2 Å². The van der Waals surface area contributed by atoms with E-state index in [2.05, 4.69) is 19.8 Å². The fourth-order valence-corrected chi connectivity index (χ4v) is 4.46. The van der Waals surface area contributed by atoms with Crippen LogP contribution in [-0.4, -0.2) is 60.5 Å². The Labute approximate surface area is 177 Å². The highest BCUT2D eigenvalue weighted by Crippen LogP contribution is 2.23. The molecule has 1 aromatic carbocycles. The Morgan fingerprint density at radius 3 is 2.47 bits per heavy atom. The number of hydrogen-bond acceptors (Lipinski definition) is 7. The van der Waals surface area contributed by atoms with Crippen LogP contribution in [0.5, 0.6) is 0 Å². The molecular formula is C20H29N5O4S. The summed E-state index contributed by atoms with van der Waals surface area (Å²) in [6.07, 6.45) is 1.90. The van der Waals surface area contributed by atoms with E-state index in [-0.39, 0.29) is 11.9 Å². The van der Waals surface area contributed by atoms with Crippen molar-refractivity contribution in [3.8, 4) is 0 Å². The van der Waals surface area contributed by atoms with Gasteiger partial charge < -0.3 is 9.30 Å². The average molecular weight is 436 g/mol. The van der Waals surface area contributed by atoms with Crippen LogP contribution in [-0.2, 0) is 34.3 Å². The second-order valence-electron chi connectivity index (χ2n) is 7.95.